The standard InChI is InChI=1S/C24H27N3O4/c1-4-5-8-14-27-23(29)19-12-7-6-11-18(19)22(26-27)24(30)31-15-21(28)25-20-13-9-10-16(2)17(20)3/h6-7,9-13H,4-5,8,14-15H2,1-3H3,(H,25,28). The predicted molar refractivity (Wildman–Crippen MR) is 120 cm³/mol. The van der Waals surface area contributed by atoms with Crippen molar-refractivity contribution >= 4 is 28.3 Å². The van der Waals surface area contributed by atoms with Crippen LogP contribution in [0.5, 0.6) is 0 Å². The molecule has 0 saturated carbocycles. The van der Waals surface area contributed by atoms with Crippen molar-refractivity contribution in [3.63, 3.8) is 0 Å². The molecule has 0 aliphatic rings. The number of anilines is 1. The molecular formula is C24H27N3O4. The molecule has 1 amide bonds. The summed E-state index contributed by atoms with van der Waals surface area (Å²) in [6.45, 7) is 5.91. The summed E-state index contributed by atoms with van der Waals surface area (Å²) < 4.78 is 6.54. The monoisotopic (exact) mass is 421 g/mol. The zero-order chi connectivity index (χ0) is 22.4. The quantitative estimate of drug-likeness (QED) is 0.439. The van der Waals surface area contributed by atoms with Crippen LogP contribution in [-0.4, -0.2) is 28.3 Å². The lowest BCUT2D eigenvalue weighted by atomic mass is 10.1. The molecule has 0 radical (unpaired) electrons. The van der Waals surface area contributed by atoms with Crippen LogP contribution in [0.2, 0.25) is 0 Å². The van der Waals surface area contributed by atoms with Crippen LogP contribution in [0.3, 0.4) is 0 Å². The summed E-state index contributed by atoms with van der Waals surface area (Å²) in [5, 5.41) is 7.84. The maximum absolute atomic E-state index is 12.7. The van der Waals surface area contributed by atoms with E-state index in [4.69, 9.17) is 4.74 Å². The number of carbonyl (C=O) groups excluding carboxylic acids is 2. The van der Waals surface area contributed by atoms with E-state index in [1.165, 1.54) is 4.68 Å². The lowest BCUT2D eigenvalue weighted by Crippen LogP contribution is -2.28. The summed E-state index contributed by atoms with van der Waals surface area (Å²) in [6, 6.07) is 12.4. The second kappa shape index (κ2) is 10.0. The Morgan fingerprint density at radius 2 is 1.77 bits per heavy atom. The van der Waals surface area contributed by atoms with Crippen LogP contribution in [0.25, 0.3) is 10.8 Å². The molecule has 0 aliphatic heterocycles. The smallest absolute Gasteiger partial charge is 0.359 e. The Kier molecular flexibility index (Phi) is 7.18. The molecule has 0 atom stereocenters. The van der Waals surface area contributed by atoms with Gasteiger partial charge in [0.1, 0.15) is 0 Å². The highest BCUT2D eigenvalue weighted by Crippen LogP contribution is 2.18. The SMILES string of the molecule is CCCCCn1nc(C(=O)OCC(=O)Nc2cccc(C)c2C)c2ccccc2c1=O. The minimum absolute atomic E-state index is 0.0336. The van der Waals surface area contributed by atoms with Gasteiger partial charge in [-0.3, -0.25) is 9.59 Å². The lowest BCUT2D eigenvalue weighted by Gasteiger charge is -2.12. The second-order valence-corrected chi connectivity index (χ2v) is 7.50. The third-order valence-corrected chi connectivity index (χ3v) is 5.25. The van der Waals surface area contributed by atoms with Crippen LogP contribution in [-0.2, 0) is 16.1 Å². The summed E-state index contributed by atoms with van der Waals surface area (Å²) in [6.07, 6.45) is 2.75. The van der Waals surface area contributed by atoms with Gasteiger partial charge in [-0.1, -0.05) is 50.1 Å². The molecular weight excluding hydrogens is 394 g/mol. The van der Waals surface area contributed by atoms with Crippen molar-refractivity contribution in [3.05, 3.63) is 69.6 Å². The van der Waals surface area contributed by atoms with Gasteiger partial charge in [0.2, 0.25) is 0 Å². The van der Waals surface area contributed by atoms with E-state index in [1.54, 1.807) is 30.3 Å². The molecule has 7 nitrogen and oxygen atoms in total. The Hall–Kier alpha value is -3.48. The Labute approximate surface area is 181 Å². The topological polar surface area (TPSA) is 90.3 Å². The summed E-state index contributed by atoms with van der Waals surface area (Å²) in [7, 11) is 0. The fraction of sp³-hybridized carbons (Fsp3) is 0.333. The molecule has 0 bridgehead atoms. The van der Waals surface area contributed by atoms with Crippen molar-refractivity contribution in [2.45, 2.75) is 46.6 Å². The Bertz CT molecular complexity index is 1170. The van der Waals surface area contributed by atoms with Crippen LogP contribution in [0.4, 0.5) is 5.69 Å². The van der Waals surface area contributed by atoms with Gasteiger partial charge in [0, 0.05) is 17.6 Å². The minimum Gasteiger partial charge on any atom is -0.451 e. The molecule has 1 heterocycles. The number of esters is 1. The zero-order valence-corrected chi connectivity index (χ0v) is 18.1. The van der Waals surface area contributed by atoms with Crippen LogP contribution in [0.15, 0.2) is 47.3 Å². The van der Waals surface area contributed by atoms with Crippen LogP contribution in [0, 0.1) is 13.8 Å². The first-order valence-corrected chi connectivity index (χ1v) is 10.5. The number of rotatable bonds is 8. The number of carbonyl (C=O) groups is 2. The maximum atomic E-state index is 12.7. The first kappa shape index (κ1) is 22.2. The van der Waals surface area contributed by atoms with Crippen molar-refractivity contribution < 1.29 is 14.3 Å². The van der Waals surface area contributed by atoms with E-state index in [2.05, 4.69) is 17.3 Å². The number of nitrogens with zero attached hydrogens (tertiary/aromatic N) is 2. The average Bonchev–Trinajstić information content (AvgIpc) is 2.77. The van der Waals surface area contributed by atoms with Crippen molar-refractivity contribution in [1.82, 2.24) is 9.78 Å². The minimum atomic E-state index is -0.739. The van der Waals surface area contributed by atoms with Gasteiger partial charge in [-0.2, -0.15) is 5.10 Å². The van der Waals surface area contributed by atoms with Crippen LogP contribution >= 0.6 is 0 Å². The first-order valence-electron chi connectivity index (χ1n) is 10.5. The van der Waals surface area contributed by atoms with Crippen LogP contribution < -0.4 is 10.9 Å². The van der Waals surface area contributed by atoms with Crippen molar-refractivity contribution in [2.75, 3.05) is 11.9 Å². The van der Waals surface area contributed by atoms with E-state index in [-0.39, 0.29) is 11.3 Å². The Morgan fingerprint density at radius 1 is 1.03 bits per heavy atom. The van der Waals surface area contributed by atoms with Crippen LogP contribution in [0.1, 0.15) is 47.8 Å². The summed E-state index contributed by atoms with van der Waals surface area (Å²) >= 11 is 0. The highest BCUT2D eigenvalue weighted by atomic mass is 16.5. The molecule has 0 fully saturated rings. The number of aromatic nitrogens is 2. The number of ether oxygens (including phenoxy) is 1. The number of hydrogen-bond donors (Lipinski definition) is 1. The number of nitrogens with one attached hydrogen (secondary N) is 1. The van der Waals surface area contributed by atoms with Crippen molar-refractivity contribution in [3.8, 4) is 0 Å². The molecule has 3 rings (SSSR count). The van der Waals surface area contributed by atoms with Gasteiger partial charge in [-0.15, -0.1) is 0 Å². The van der Waals surface area contributed by atoms with E-state index in [9.17, 15) is 14.4 Å². The lowest BCUT2D eigenvalue weighted by molar-refractivity contribution is -0.119. The van der Waals surface area contributed by atoms with Gasteiger partial charge >= 0.3 is 5.97 Å². The molecule has 0 spiro atoms. The van der Waals surface area contributed by atoms with E-state index in [0.29, 0.717) is 23.0 Å². The van der Waals surface area contributed by atoms with Crippen molar-refractivity contribution in [2.24, 2.45) is 0 Å². The third kappa shape index (κ3) is 5.17. The summed E-state index contributed by atoms with van der Waals surface area (Å²) in [5.74, 6) is -1.18. The highest BCUT2D eigenvalue weighted by molar-refractivity contribution is 6.03. The summed E-state index contributed by atoms with van der Waals surface area (Å²) in [4.78, 5) is 37.8. The third-order valence-electron chi connectivity index (χ3n) is 5.25. The van der Waals surface area contributed by atoms with E-state index >= 15 is 0 Å². The molecule has 2 aromatic carbocycles. The Balaban J connectivity index is 1.78. The summed E-state index contributed by atoms with van der Waals surface area (Å²) in [5.41, 5.74) is 2.47. The highest BCUT2D eigenvalue weighted by Gasteiger charge is 2.19. The van der Waals surface area contributed by atoms with E-state index < -0.39 is 18.5 Å². The van der Waals surface area contributed by atoms with Gasteiger partial charge in [-0.05, 0) is 43.5 Å². The number of amides is 1. The first-order chi connectivity index (χ1) is 14.9. The maximum Gasteiger partial charge on any atom is 0.359 e. The number of aryl methyl sites for hydroxylation is 2. The van der Waals surface area contributed by atoms with Gasteiger partial charge in [-0.25, -0.2) is 9.48 Å². The van der Waals surface area contributed by atoms with Crippen molar-refractivity contribution in [1.29, 1.82) is 0 Å². The molecule has 3 aromatic rings. The average molecular weight is 421 g/mol. The van der Waals surface area contributed by atoms with E-state index in [0.717, 1.165) is 30.4 Å². The molecule has 1 N–H and O–H groups in total. The molecule has 1 aromatic heterocycles. The molecule has 0 unspecified atom stereocenters. The fourth-order valence-corrected chi connectivity index (χ4v) is 3.32. The molecule has 31 heavy (non-hydrogen) atoms. The largest absolute Gasteiger partial charge is 0.451 e. The zero-order valence-electron chi connectivity index (χ0n) is 18.1. The number of fused-ring (bicyclic) bond motifs is 1. The van der Waals surface area contributed by atoms with Gasteiger partial charge in [0.25, 0.3) is 11.5 Å². The Morgan fingerprint density at radius 3 is 2.52 bits per heavy atom. The number of benzene rings is 2. The molecule has 0 saturated heterocycles. The number of hydrogen-bond acceptors (Lipinski definition) is 5. The number of unbranched alkanes of at least 4 members (excludes halogenated alkanes) is 2. The van der Waals surface area contributed by atoms with Gasteiger partial charge < -0.3 is 10.1 Å². The van der Waals surface area contributed by atoms with Gasteiger partial charge in [0.05, 0.1) is 5.39 Å². The predicted octanol–water partition coefficient (Wildman–Crippen LogP) is 4.00. The molecule has 7 heteroatoms. The molecule has 162 valence electrons. The van der Waals surface area contributed by atoms with E-state index in [1.807, 2.05) is 26.0 Å². The molecule has 0 aliphatic carbocycles. The second-order valence-electron chi connectivity index (χ2n) is 7.50. The van der Waals surface area contributed by atoms with Gasteiger partial charge in [0.15, 0.2) is 12.3 Å². The normalized spacial score (nSPS) is 10.8. The fourth-order valence-electron chi connectivity index (χ4n) is 3.32.